The van der Waals surface area contributed by atoms with Crippen LogP contribution >= 0.6 is 0 Å². The zero-order valence-electron chi connectivity index (χ0n) is 16.1. The summed E-state index contributed by atoms with van der Waals surface area (Å²) in [5, 5.41) is 11.9. The number of anilines is 1. The van der Waals surface area contributed by atoms with Crippen LogP contribution in [0.1, 0.15) is 12.8 Å². The molecular formula is C19H20N8O2. The van der Waals surface area contributed by atoms with Crippen LogP contribution in [-0.2, 0) is 4.79 Å². The van der Waals surface area contributed by atoms with Gasteiger partial charge in [-0.25, -0.2) is 14.0 Å². The van der Waals surface area contributed by atoms with Crippen LogP contribution in [0.15, 0.2) is 36.9 Å². The molecule has 5 heterocycles. The molecule has 29 heavy (non-hydrogen) atoms. The third-order valence-corrected chi connectivity index (χ3v) is 5.22. The number of aromatic nitrogens is 6. The number of carbonyl (C=O) groups excluding carboxylic acids is 1. The summed E-state index contributed by atoms with van der Waals surface area (Å²) in [5.41, 5.74) is 3.37. The van der Waals surface area contributed by atoms with Crippen molar-refractivity contribution in [2.24, 2.45) is 0 Å². The molecule has 1 fully saturated rings. The average molecular weight is 392 g/mol. The Morgan fingerprint density at radius 3 is 3.00 bits per heavy atom. The number of amides is 1. The summed E-state index contributed by atoms with van der Waals surface area (Å²) < 4.78 is 8.99. The number of pyridine rings is 1. The lowest BCUT2D eigenvalue weighted by Crippen LogP contribution is -2.45. The molecule has 0 unspecified atom stereocenters. The third kappa shape index (κ3) is 2.93. The molecule has 10 heteroatoms. The van der Waals surface area contributed by atoms with Gasteiger partial charge in [0.05, 0.1) is 7.11 Å². The first-order valence-corrected chi connectivity index (χ1v) is 9.38. The lowest BCUT2D eigenvalue weighted by Gasteiger charge is -2.29. The predicted octanol–water partition coefficient (Wildman–Crippen LogP) is 1.48. The second kappa shape index (κ2) is 6.73. The van der Waals surface area contributed by atoms with Gasteiger partial charge in [-0.3, -0.25) is 4.79 Å². The Bertz CT molecular complexity index is 1210. The number of methoxy groups -OCH3 is 1. The first-order valence-electron chi connectivity index (χ1n) is 9.38. The standard InChI is InChI=1S/C19H20N8O2/c1-25-8-3-4-14(18(25)28)22-19-23-17(29-2)16-13(7-9-26(16)24-19)12-5-6-15-20-11-21-27(15)10-12/h5-7,9-11,14H,3-4,8H2,1-2H3,(H,22,24)/t14-/m0/s1. The molecule has 1 atom stereocenters. The molecule has 148 valence electrons. The minimum Gasteiger partial charge on any atom is -0.479 e. The van der Waals surface area contributed by atoms with E-state index < -0.39 is 0 Å². The monoisotopic (exact) mass is 392 g/mol. The van der Waals surface area contributed by atoms with E-state index in [0.717, 1.165) is 41.7 Å². The molecule has 0 radical (unpaired) electrons. The lowest BCUT2D eigenvalue weighted by molar-refractivity contribution is -0.132. The number of nitrogens with one attached hydrogen (secondary N) is 1. The number of nitrogens with zero attached hydrogens (tertiary/aromatic N) is 7. The van der Waals surface area contributed by atoms with E-state index in [4.69, 9.17) is 4.74 Å². The topological polar surface area (TPSA) is 102 Å². The maximum Gasteiger partial charge on any atom is 0.244 e. The van der Waals surface area contributed by atoms with Crippen LogP contribution in [0.4, 0.5) is 5.95 Å². The van der Waals surface area contributed by atoms with Gasteiger partial charge < -0.3 is 15.0 Å². The van der Waals surface area contributed by atoms with Crippen molar-refractivity contribution < 1.29 is 9.53 Å². The summed E-state index contributed by atoms with van der Waals surface area (Å²) in [6.45, 7) is 0.775. The zero-order chi connectivity index (χ0) is 20.0. The molecule has 1 amide bonds. The van der Waals surface area contributed by atoms with Gasteiger partial charge in [-0.1, -0.05) is 0 Å². The summed E-state index contributed by atoms with van der Waals surface area (Å²) >= 11 is 0. The number of hydrogen-bond acceptors (Lipinski definition) is 7. The van der Waals surface area contributed by atoms with Crippen LogP contribution in [-0.4, -0.2) is 66.7 Å². The fraction of sp³-hybridized carbons (Fsp3) is 0.316. The molecule has 1 aliphatic heterocycles. The summed E-state index contributed by atoms with van der Waals surface area (Å²) in [5.74, 6) is 0.836. The highest BCUT2D eigenvalue weighted by molar-refractivity contribution is 5.86. The molecule has 0 saturated carbocycles. The Morgan fingerprint density at radius 2 is 2.14 bits per heavy atom. The van der Waals surface area contributed by atoms with Crippen molar-refractivity contribution in [3.8, 4) is 17.0 Å². The second-order valence-corrected chi connectivity index (χ2v) is 7.05. The highest BCUT2D eigenvalue weighted by atomic mass is 16.5. The zero-order valence-corrected chi connectivity index (χ0v) is 16.1. The molecule has 4 aromatic heterocycles. The Kier molecular flexibility index (Phi) is 4.04. The second-order valence-electron chi connectivity index (χ2n) is 7.05. The molecule has 0 aromatic carbocycles. The molecule has 0 spiro atoms. The van der Waals surface area contributed by atoms with Gasteiger partial charge in [0.2, 0.25) is 17.7 Å². The molecule has 4 aromatic rings. The van der Waals surface area contributed by atoms with Crippen LogP contribution in [0.3, 0.4) is 0 Å². The summed E-state index contributed by atoms with van der Waals surface area (Å²) in [7, 11) is 3.38. The minimum atomic E-state index is -0.333. The quantitative estimate of drug-likeness (QED) is 0.561. The normalized spacial score (nSPS) is 17.2. The SMILES string of the molecule is COc1nc(N[C@H]2CCCN(C)C2=O)nn2ccc(-c3ccc4ncnn4c3)c12. The smallest absolute Gasteiger partial charge is 0.244 e. The highest BCUT2D eigenvalue weighted by Gasteiger charge is 2.27. The fourth-order valence-corrected chi connectivity index (χ4v) is 3.73. The predicted molar refractivity (Wildman–Crippen MR) is 106 cm³/mol. The molecule has 1 N–H and O–H groups in total. The van der Waals surface area contributed by atoms with Crippen molar-refractivity contribution >= 4 is 23.0 Å². The van der Waals surface area contributed by atoms with Gasteiger partial charge >= 0.3 is 0 Å². The van der Waals surface area contributed by atoms with E-state index in [2.05, 4.69) is 25.5 Å². The first-order chi connectivity index (χ1) is 14.1. The van der Waals surface area contributed by atoms with Crippen LogP contribution in [0.5, 0.6) is 5.88 Å². The Hall–Kier alpha value is -3.69. The number of fused-ring (bicyclic) bond motifs is 2. The maximum absolute atomic E-state index is 12.4. The number of carbonyl (C=O) groups is 1. The van der Waals surface area contributed by atoms with Gasteiger partial charge in [0.15, 0.2) is 5.65 Å². The van der Waals surface area contributed by atoms with Crippen LogP contribution < -0.4 is 10.1 Å². The minimum absolute atomic E-state index is 0.0493. The molecule has 10 nitrogen and oxygen atoms in total. The number of likely N-dealkylation sites (tertiary alicyclic amines) is 1. The van der Waals surface area contributed by atoms with Gasteiger partial charge in [-0.2, -0.15) is 10.1 Å². The summed E-state index contributed by atoms with van der Waals surface area (Å²) in [6, 6.07) is 5.50. The number of likely N-dealkylation sites (N-methyl/N-ethyl adjacent to an activating group) is 1. The van der Waals surface area contributed by atoms with Crippen molar-refractivity contribution in [2.45, 2.75) is 18.9 Å². The Morgan fingerprint density at radius 1 is 1.24 bits per heavy atom. The van der Waals surface area contributed by atoms with Crippen molar-refractivity contribution in [1.82, 2.24) is 34.1 Å². The van der Waals surface area contributed by atoms with Gasteiger partial charge in [0.1, 0.15) is 17.9 Å². The van der Waals surface area contributed by atoms with Crippen molar-refractivity contribution in [3.05, 3.63) is 36.9 Å². The van der Waals surface area contributed by atoms with E-state index in [1.54, 1.807) is 21.0 Å². The molecular weight excluding hydrogens is 372 g/mol. The summed E-state index contributed by atoms with van der Waals surface area (Å²) in [6.07, 6.45) is 6.96. The number of hydrogen-bond donors (Lipinski definition) is 1. The molecule has 5 rings (SSSR count). The van der Waals surface area contributed by atoms with Crippen molar-refractivity contribution in [3.63, 3.8) is 0 Å². The van der Waals surface area contributed by atoms with Gasteiger partial charge in [0, 0.05) is 37.1 Å². The molecule has 0 bridgehead atoms. The van der Waals surface area contributed by atoms with Gasteiger partial charge in [0.25, 0.3) is 0 Å². The third-order valence-electron chi connectivity index (χ3n) is 5.22. The van der Waals surface area contributed by atoms with E-state index in [1.807, 2.05) is 37.6 Å². The van der Waals surface area contributed by atoms with Crippen molar-refractivity contribution in [1.29, 1.82) is 0 Å². The summed E-state index contributed by atoms with van der Waals surface area (Å²) in [4.78, 5) is 22.8. The van der Waals surface area contributed by atoms with E-state index in [-0.39, 0.29) is 11.9 Å². The van der Waals surface area contributed by atoms with Crippen molar-refractivity contribution in [2.75, 3.05) is 26.0 Å². The van der Waals surface area contributed by atoms with Crippen LogP contribution in [0.25, 0.3) is 22.3 Å². The molecule has 1 aliphatic rings. The highest BCUT2D eigenvalue weighted by Crippen LogP contribution is 2.31. The average Bonchev–Trinajstić information content (AvgIpc) is 3.37. The van der Waals surface area contributed by atoms with Gasteiger partial charge in [-0.15, -0.1) is 5.10 Å². The van der Waals surface area contributed by atoms with E-state index in [1.165, 1.54) is 6.33 Å². The van der Waals surface area contributed by atoms with Crippen LogP contribution in [0, 0.1) is 0 Å². The largest absolute Gasteiger partial charge is 0.479 e. The Labute approximate surface area is 166 Å². The van der Waals surface area contributed by atoms with E-state index >= 15 is 0 Å². The van der Waals surface area contributed by atoms with Gasteiger partial charge in [-0.05, 0) is 31.0 Å². The maximum atomic E-state index is 12.4. The van der Waals surface area contributed by atoms with Crippen LogP contribution in [0.2, 0.25) is 0 Å². The number of rotatable bonds is 4. The number of piperidine rings is 1. The fourth-order valence-electron chi connectivity index (χ4n) is 3.73. The van der Waals surface area contributed by atoms with E-state index in [9.17, 15) is 4.79 Å². The van der Waals surface area contributed by atoms with E-state index in [0.29, 0.717) is 11.8 Å². The lowest BCUT2D eigenvalue weighted by atomic mass is 10.1. The molecule has 0 aliphatic carbocycles. The Balaban J connectivity index is 1.54. The first kappa shape index (κ1) is 17.4. The number of ether oxygens (including phenoxy) is 1. The molecule has 1 saturated heterocycles.